The van der Waals surface area contributed by atoms with E-state index in [1.807, 2.05) is 0 Å². The molecule has 0 N–H and O–H groups in total. The van der Waals surface area contributed by atoms with Gasteiger partial charge in [0.1, 0.15) is 0 Å². The van der Waals surface area contributed by atoms with Gasteiger partial charge in [0.25, 0.3) is 0 Å². The first-order valence-corrected chi connectivity index (χ1v) is 6.76. The van der Waals surface area contributed by atoms with Crippen LogP contribution in [0.3, 0.4) is 0 Å². The van der Waals surface area contributed by atoms with Crippen LogP contribution in [0.1, 0.15) is 54.9 Å². The molecule has 94 valence electrons. The number of hydrogen-bond acceptors (Lipinski definition) is 1. The Bertz CT molecular complexity index is 385. The third-order valence-electron chi connectivity index (χ3n) is 3.99. The van der Waals surface area contributed by atoms with Crippen molar-refractivity contribution in [2.45, 2.75) is 65.6 Å². The van der Waals surface area contributed by atoms with E-state index in [0.29, 0.717) is 18.1 Å². The quantitative estimate of drug-likeness (QED) is 0.706. The van der Waals surface area contributed by atoms with Crippen molar-refractivity contribution in [3.8, 4) is 0 Å². The van der Waals surface area contributed by atoms with E-state index >= 15 is 0 Å². The SMILES string of the molecule is CCC(CC1OC1C)c1c(C)cc(C)cc1C. The molecule has 3 atom stereocenters. The van der Waals surface area contributed by atoms with Gasteiger partial charge in [0, 0.05) is 0 Å². The number of epoxide rings is 1. The predicted molar refractivity (Wildman–Crippen MR) is 72.6 cm³/mol. The van der Waals surface area contributed by atoms with Crippen molar-refractivity contribution in [2.24, 2.45) is 0 Å². The van der Waals surface area contributed by atoms with Gasteiger partial charge in [-0.3, -0.25) is 0 Å². The van der Waals surface area contributed by atoms with Gasteiger partial charge in [0.05, 0.1) is 12.2 Å². The second kappa shape index (κ2) is 4.81. The van der Waals surface area contributed by atoms with E-state index in [9.17, 15) is 0 Å². The molecule has 2 rings (SSSR count). The van der Waals surface area contributed by atoms with Crippen LogP contribution in [-0.4, -0.2) is 12.2 Å². The lowest BCUT2D eigenvalue weighted by Gasteiger charge is -2.20. The van der Waals surface area contributed by atoms with Gasteiger partial charge < -0.3 is 4.74 Å². The summed E-state index contributed by atoms with van der Waals surface area (Å²) in [6.07, 6.45) is 3.37. The van der Waals surface area contributed by atoms with Gasteiger partial charge in [-0.05, 0) is 63.1 Å². The normalized spacial score (nSPS) is 24.8. The van der Waals surface area contributed by atoms with E-state index in [0.717, 1.165) is 0 Å². The van der Waals surface area contributed by atoms with Gasteiger partial charge in [-0.2, -0.15) is 0 Å². The van der Waals surface area contributed by atoms with Crippen LogP contribution >= 0.6 is 0 Å². The summed E-state index contributed by atoms with van der Waals surface area (Å²) in [5, 5.41) is 0. The molecule has 0 amide bonds. The van der Waals surface area contributed by atoms with Crippen LogP contribution in [0.25, 0.3) is 0 Å². The Morgan fingerprint density at radius 3 is 2.12 bits per heavy atom. The molecule has 0 bridgehead atoms. The molecule has 1 heterocycles. The summed E-state index contributed by atoms with van der Waals surface area (Å²) in [5.74, 6) is 0.658. The van der Waals surface area contributed by atoms with Gasteiger partial charge in [-0.15, -0.1) is 0 Å². The minimum Gasteiger partial charge on any atom is -0.370 e. The Morgan fingerprint density at radius 2 is 1.71 bits per heavy atom. The van der Waals surface area contributed by atoms with E-state index in [1.54, 1.807) is 5.56 Å². The van der Waals surface area contributed by atoms with Crippen LogP contribution in [0.5, 0.6) is 0 Å². The number of hydrogen-bond donors (Lipinski definition) is 0. The number of aryl methyl sites for hydroxylation is 3. The first-order chi connectivity index (χ1) is 8.02. The Labute approximate surface area is 105 Å². The zero-order valence-electron chi connectivity index (χ0n) is 11.7. The first kappa shape index (κ1) is 12.6. The van der Waals surface area contributed by atoms with Crippen LogP contribution in [0.2, 0.25) is 0 Å². The average molecular weight is 232 g/mol. The smallest absolute Gasteiger partial charge is 0.0844 e. The molecule has 0 spiro atoms. The maximum absolute atomic E-state index is 5.57. The molecule has 0 aliphatic carbocycles. The lowest BCUT2D eigenvalue weighted by molar-refractivity contribution is 0.357. The zero-order chi connectivity index (χ0) is 12.6. The van der Waals surface area contributed by atoms with Crippen molar-refractivity contribution >= 4 is 0 Å². The van der Waals surface area contributed by atoms with E-state index in [2.05, 4.69) is 46.8 Å². The fourth-order valence-electron chi connectivity index (χ4n) is 3.08. The monoisotopic (exact) mass is 232 g/mol. The molecule has 3 unspecified atom stereocenters. The highest BCUT2D eigenvalue weighted by Gasteiger charge is 2.36. The highest BCUT2D eigenvalue weighted by Crippen LogP contribution is 2.37. The highest BCUT2D eigenvalue weighted by atomic mass is 16.6. The summed E-state index contributed by atoms with van der Waals surface area (Å²) in [7, 11) is 0. The van der Waals surface area contributed by atoms with Gasteiger partial charge in [-0.25, -0.2) is 0 Å². The van der Waals surface area contributed by atoms with Crippen LogP contribution in [0.15, 0.2) is 12.1 Å². The molecule has 1 heteroatoms. The summed E-state index contributed by atoms with van der Waals surface area (Å²) in [5.41, 5.74) is 5.82. The van der Waals surface area contributed by atoms with Crippen molar-refractivity contribution in [1.82, 2.24) is 0 Å². The van der Waals surface area contributed by atoms with Gasteiger partial charge in [0.2, 0.25) is 0 Å². The Morgan fingerprint density at radius 1 is 1.18 bits per heavy atom. The topological polar surface area (TPSA) is 12.5 Å². The lowest BCUT2D eigenvalue weighted by Crippen LogP contribution is -2.07. The molecule has 0 saturated carbocycles. The third-order valence-corrected chi connectivity index (χ3v) is 3.99. The predicted octanol–water partition coefficient (Wildman–Crippen LogP) is 4.28. The molecular weight excluding hydrogens is 208 g/mol. The fraction of sp³-hybridized carbons (Fsp3) is 0.625. The van der Waals surface area contributed by atoms with Crippen molar-refractivity contribution in [3.05, 3.63) is 34.4 Å². The van der Waals surface area contributed by atoms with Gasteiger partial charge >= 0.3 is 0 Å². The van der Waals surface area contributed by atoms with Crippen molar-refractivity contribution in [3.63, 3.8) is 0 Å². The van der Waals surface area contributed by atoms with E-state index < -0.39 is 0 Å². The standard InChI is InChI=1S/C16H24O/c1-6-14(9-15-13(5)17-15)16-11(3)7-10(2)8-12(16)4/h7-8,13-15H,6,9H2,1-5H3. The molecule has 1 aromatic rings. The Hall–Kier alpha value is -0.820. The van der Waals surface area contributed by atoms with E-state index in [4.69, 9.17) is 4.74 Å². The third kappa shape index (κ3) is 2.71. The van der Waals surface area contributed by atoms with Crippen molar-refractivity contribution in [2.75, 3.05) is 0 Å². The zero-order valence-corrected chi connectivity index (χ0v) is 11.7. The fourth-order valence-corrected chi connectivity index (χ4v) is 3.08. The lowest BCUT2D eigenvalue weighted by atomic mass is 9.84. The van der Waals surface area contributed by atoms with Crippen molar-refractivity contribution < 1.29 is 4.74 Å². The average Bonchev–Trinajstić information content (AvgIpc) is 2.91. The van der Waals surface area contributed by atoms with Crippen LogP contribution in [-0.2, 0) is 4.74 Å². The maximum atomic E-state index is 5.57. The summed E-state index contributed by atoms with van der Waals surface area (Å²) in [6.45, 7) is 11.1. The minimum absolute atomic E-state index is 0.482. The molecule has 0 radical (unpaired) electrons. The molecule has 1 aromatic carbocycles. The largest absolute Gasteiger partial charge is 0.370 e. The molecule has 1 fully saturated rings. The van der Waals surface area contributed by atoms with Gasteiger partial charge in [0.15, 0.2) is 0 Å². The molecule has 1 aliphatic heterocycles. The second-order valence-electron chi connectivity index (χ2n) is 5.53. The summed E-state index contributed by atoms with van der Waals surface area (Å²) in [4.78, 5) is 0. The Kier molecular flexibility index (Phi) is 3.58. The molecule has 0 aromatic heterocycles. The van der Waals surface area contributed by atoms with Crippen LogP contribution in [0.4, 0.5) is 0 Å². The first-order valence-electron chi connectivity index (χ1n) is 6.76. The summed E-state index contributed by atoms with van der Waals surface area (Å²) in [6, 6.07) is 4.62. The highest BCUT2D eigenvalue weighted by molar-refractivity contribution is 5.40. The van der Waals surface area contributed by atoms with Crippen LogP contribution < -0.4 is 0 Å². The Balaban J connectivity index is 2.23. The number of benzene rings is 1. The molecule has 1 aliphatic rings. The summed E-state index contributed by atoms with van der Waals surface area (Å²) < 4.78 is 5.57. The number of rotatable bonds is 4. The summed E-state index contributed by atoms with van der Waals surface area (Å²) >= 11 is 0. The maximum Gasteiger partial charge on any atom is 0.0844 e. The van der Waals surface area contributed by atoms with Gasteiger partial charge in [-0.1, -0.05) is 24.6 Å². The molecule has 1 nitrogen and oxygen atoms in total. The molecule has 17 heavy (non-hydrogen) atoms. The van der Waals surface area contributed by atoms with E-state index in [1.165, 1.54) is 29.5 Å². The number of ether oxygens (including phenoxy) is 1. The second-order valence-corrected chi connectivity index (χ2v) is 5.53. The molecular formula is C16H24O. The molecule has 1 saturated heterocycles. The minimum atomic E-state index is 0.482. The van der Waals surface area contributed by atoms with Crippen molar-refractivity contribution in [1.29, 1.82) is 0 Å². The van der Waals surface area contributed by atoms with E-state index in [-0.39, 0.29) is 0 Å². The van der Waals surface area contributed by atoms with Crippen LogP contribution in [0, 0.1) is 20.8 Å².